The van der Waals surface area contributed by atoms with Crippen molar-refractivity contribution in [2.45, 2.75) is 64.5 Å². The molecule has 2 N–H and O–H groups in total. The second kappa shape index (κ2) is 10.7. The van der Waals surface area contributed by atoms with Crippen LogP contribution >= 0.6 is 0 Å². The summed E-state index contributed by atoms with van der Waals surface area (Å²) in [5, 5.41) is 12.0. The van der Waals surface area contributed by atoms with E-state index in [0.717, 1.165) is 28.7 Å². The van der Waals surface area contributed by atoms with Gasteiger partial charge in [-0.05, 0) is 49.4 Å². The molecule has 0 spiro atoms. The second-order valence-corrected chi connectivity index (χ2v) is 9.70. The van der Waals surface area contributed by atoms with Crippen molar-refractivity contribution in [2.24, 2.45) is 0 Å². The quantitative estimate of drug-likeness (QED) is 0.554. The number of fused-ring (bicyclic) bond motifs is 3. The smallest absolute Gasteiger partial charge is 0.407 e. The SMILES string of the molecule is CCC[C@@H](CC(=O)N(CC(=O)O)C(C)(C)C)NC(=O)OCC1c2ccccc2-c2ccccc21. The van der Waals surface area contributed by atoms with Gasteiger partial charge in [0.05, 0.1) is 0 Å². The minimum Gasteiger partial charge on any atom is -0.480 e. The number of alkyl carbamates (subject to hydrolysis) is 1. The van der Waals surface area contributed by atoms with Crippen molar-refractivity contribution in [2.75, 3.05) is 13.2 Å². The Balaban J connectivity index is 1.64. The maximum Gasteiger partial charge on any atom is 0.407 e. The van der Waals surface area contributed by atoms with Crippen molar-refractivity contribution < 1.29 is 24.2 Å². The lowest BCUT2D eigenvalue weighted by molar-refractivity contribution is -0.148. The lowest BCUT2D eigenvalue weighted by atomic mass is 9.98. The number of nitrogens with one attached hydrogen (secondary N) is 1. The zero-order valence-electron chi connectivity index (χ0n) is 20.3. The normalized spacial score (nSPS) is 13.5. The number of benzene rings is 2. The average Bonchev–Trinajstić information content (AvgIpc) is 3.09. The average molecular weight is 467 g/mol. The first-order valence-corrected chi connectivity index (χ1v) is 11.8. The van der Waals surface area contributed by atoms with Gasteiger partial charge in [-0.25, -0.2) is 4.79 Å². The Morgan fingerprint density at radius 1 is 1.03 bits per heavy atom. The van der Waals surface area contributed by atoms with E-state index in [1.807, 2.05) is 31.2 Å². The van der Waals surface area contributed by atoms with Gasteiger partial charge >= 0.3 is 12.1 Å². The molecular weight excluding hydrogens is 432 g/mol. The first-order valence-electron chi connectivity index (χ1n) is 11.8. The van der Waals surface area contributed by atoms with E-state index in [9.17, 15) is 19.5 Å². The molecule has 2 aromatic rings. The van der Waals surface area contributed by atoms with Gasteiger partial charge in [0.2, 0.25) is 5.91 Å². The maximum absolute atomic E-state index is 12.9. The number of amides is 2. The van der Waals surface area contributed by atoms with Crippen molar-refractivity contribution in [3.05, 3.63) is 59.7 Å². The van der Waals surface area contributed by atoms with Crippen LogP contribution in [0.1, 0.15) is 64.0 Å². The highest BCUT2D eigenvalue weighted by Crippen LogP contribution is 2.44. The predicted octanol–water partition coefficient (Wildman–Crippen LogP) is 4.80. The van der Waals surface area contributed by atoms with Gasteiger partial charge in [0.15, 0.2) is 0 Å². The number of hydrogen-bond donors (Lipinski definition) is 2. The number of rotatable bonds is 9. The van der Waals surface area contributed by atoms with E-state index < -0.39 is 23.6 Å². The standard InChI is InChI=1S/C27H34N2O5/c1-5-10-18(15-24(30)29(16-25(31)32)27(2,3)4)28-26(33)34-17-23-21-13-8-6-11-19(21)20-12-7-9-14-22(20)23/h6-9,11-14,18,23H,5,10,15-17H2,1-4H3,(H,28,33)(H,31,32)/t18-/m0/s1. The van der Waals surface area contributed by atoms with Crippen LogP contribution in [0.5, 0.6) is 0 Å². The first kappa shape index (κ1) is 25.3. The molecule has 182 valence electrons. The molecule has 0 aromatic heterocycles. The molecule has 7 nitrogen and oxygen atoms in total. The second-order valence-electron chi connectivity index (χ2n) is 9.70. The van der Waals surface area contributed by atoms with Crippen LogP contribution in [0.2, 0.25) is 0 Å². The lowest BCUT2D eigenvalue weighted by Crippen LogP contribution is -2.50. The molecule has 2 amide bonds. The van der Waals surface area contributed by atoms with Crippen molar-refractivity contribution in [1.29, 1.82) is 0 Å². The monoisotopic (exact) mass is 466 g/mol. The zero-order valence-corrected chi connectivity index (χ0v) is 20.3. The fraction of sp³-hybridized carbons (Fsp3) is 0.444. The molecule has 0 aliphatic heterocycles. The summed E-state index contributed by atoms with van der Waals surface area (Å²) in [5.41, 5.74) is 3.93. The predicted molar refractivity (Wildman–Crippen MR) is 131 cm³/mol. The van der Waals surface area contributed by atoms with Crippen molar-refractivity contribution in [3.63, 3.8) is 0 Å². The summed E-state index contributed by atoms with van der Waals surface area (Å²) >= 11 is 0. The van der Waals surface area contributed by atoms with Crippen LogP contribution in [0.4, 0.5) is 4.79 Å². The molecule has 1 atom stereocenters. The van der Waals surface area contributed by atoms with Crippen LogP contribution in [-0.2, 0) is 14.3 Å². The highest BCUT2D eigenvalue weighted by atomic mass is 16.5. The lowest BCUT2D eigenvalue weighted by Gasteiger charge is -2.35. The Kier molecular flexibility index (Phi) is 7.97. The number of carbonyl (C=O) groups excluding carboxylic acids is 2. The Hall–Kier alpha value is -3.35. The Morgan fingerprint density at radius 3 is 2.09 bits per heavy atom. The highest BCUT2D eigenvalue weighted by Gasteiger charge is 2.31. The summed E-state index contributed by atoms with van der Waals surface area (Å²) in [6.07, 6.45) is 0.785. The van der Waals surface area contributed by atoms with Crippen LogP contribution in [-0.4, -0.2) is 52.7 Å². The van der Waals surface area contributed by atoms with E-state index >= 15 is 0 Å². The van der Waals surface area contributed by atoms with E-state index in [0.29, 0.717) is 6.42 Å². The van der Waals surface area contributed by atoms with Crippen LogP contribution in [0.3, 0.4) is 0 Å². The van der Waals surface area contributed by atoms with E-state index in [1.54, 1.807) is 20.8 Å². The topological polar surface area (TPSA) is 95.9 Å². The third-order valence-corrected chi connectivity index (χ3v) is 6.13. The molecule has 1 aliphatic rings. The van der Waals surface area contributed by atoms with Crippen LogP contribution in [0.15, 0.2) is 48.5 Å². The number of nitrogens with zero attached hydrogens (tertiary/aromatic N) is 1. The van der Waals surface area contributed by atoms with E-state index in [1.165, 1.54) is 4.90 Å². The Labute approximate surface area is 201 Å². The van der Waals surface area contributed by atoms with E-state index in [4.69, 9.17) is 4.74 Å². The van der Waals surface area contributed by atoms with Gasteiger partial charge < -0.3 is 20.1 Å². The molecule has 3 rings (SSSR count). The molecular formula is C27H34N2O5. The van der Waals surface area contributed by atoms with Crippen LogP contribution < -0.4 is 5.32 Å². The Bertz CT molecular complexity index is 998. The van der Waals surface area contributed by atoms with Gasteiger partial charge in [-0.2, -0.15) is 0 Å². The third kappa shape index (κ3) is 5.95. The molecule has 0 saturated carbocycles. The number of ether oxygens (including phenoxy) is 1. The summed E-state index contributed by atoms with van der Waals surface area (Å²) in [5.74, 6) is -1.43. The summed E-state index contributed by atoms with van der Waals surface area (Å²) in [6.45, 7) is 7.16. The number of carbonyl (C=O) groups is 3. The summed E-state index contributed by atoms with van der Waals surface area (Å²) in [4.78, 5) is 38.2. The molecule has 0 radical (unpaired) electrons. The molecule has 0 bridgehead atoms. The van der Waals surface area contributed by atoms with E-state index in [-0.39, 0.29) is 31.4 Å². The summed E-state index contributed by atoms with van der Waals surface area (Å²) < 4.78 is 5.62. The number of carboxylic acids is 1. The minimum atomic E-state index is -1.07. The molecule has 0 unspecified atom stereocenters. The van der Waals surface area contributed by atoms with Crippen molar-refractivity contribution in [3.8, 4) is 11.1 Å². The molecule has 1 aliphatic carbocycles. The molecule has 0 fully saturated rings. The largest absolute Gasteiger partial charge is 0.480 e. The minimum absolute atomic E-state index is 0.0165. The summed E-state index contributed by atoms with van der Waals surface area (Å²) in [6, 6.07) is 15.8. The van der Waals surface area contributed by atoms with Gasteiger partial charge in [-0.15, -0.1) is 0 Å². The van der Waals surface area contributed by atoms with Crippen molar-refractivity contribution in [1.82, 2.24) is 10.2 Å². The first-order chi connectivity index (χ1) is 16.1. The molecule has 0 saturated heterocycles. The highest BCUT2D eigenvalue weighted by molar-refractivity contribution is 5.83. The van der Waals surface area contributed by atoms with Crippen molar-refractivity contribution >= 4 is 18.0 Å². The van der Waals surface area contributed by atoms with Gasteiger partial charge in [0.25, 0.3) is 0 Å². The fourth-order valence-corrected chi connectivity index (χ4v) is 4.54. The molecule has 7 heteroatoms. The number of hydrogen-bond acceptors (Lipinski definition) is 4. The van der Waals surface area contributed by atoms with Gasteiger partial charge in [-0.1, -0.05) is 61.9 Å². The van der Waals surface area contributed by atoms with Crippen LogP contribution in [0, 0.1) is 0 Å². The van der Waals surface area contributed by atoms with Gasteiger partial charge in [-0.3, -0.25) is 9.59 Å². The Morgan fingerprint density at radius 2 is 1.59 bits per heavy atom. The molecule has 34 heavy (non-hydrogen) atoms. The molecule has 2 aromatic carbocycles. The van der Waals surface area contributed by atoms with Crippen LogP contribution in [0.25, 0.3) is 11.1 Å². The van der Waals surface area contributed by atoms with E-state index in [2.05, 4.69) is 29.6 Å². The zero-order chi connectivity index (χ0) is 24.9. The summed E-state index contributed by atoms with van der Waals surface area (Å²) in [7, 11) is 0. The maximum atomic E-state index is 12.9. The fourth-order valence-electron chi connectivity index (χ4n) is 4.54. The third-order valence-electron chi connectivity index (χ3n) is 6.13. The van der Waals surface area contributed by atoms with Gasteiger partial charge in [0, 0.05) is 23.9 Å². The molecule has 0 heterocycles. The number of carboxylic acid groups (broad SMARTS) is 1. The number of aliphatic carboxylic acids is 1. The van der Waals surface area contributed by atoms with Gasteiger partial charge in [0.1, 0.15) is 13.2 Å².